The molecule has 0 N–H and O–H groups in total. The van der Waals surface area contributed by atoms with Gasteiger partial charge in [0.2, 0.25) is 0 Å². The molecule has 0 aliphatic heterocycles. The van der Waals surface area contributed by atoms with Gasteiger partial charge < -0.3 is 0 Å². The summed E-state index contributed by atoms with van der Waals surface area (Å²) in [6.07, 6.45) is 0.642. The van der Waals surface area contributed by atoms with Crippen LogP contribution in [0.2, 0.25) is 5.02 Å². The minimum atomic E-state index is -0.205. The number of benzene rings is 1. The zero-order chi connectivity index (χ0) is 13.7. The van der Waals surface area contributed by atoms with E-state index in [1.807, 2.05) is 0 Å². The molecule has 1 aromatic rings. The maximum atomic E-state index is 13.8. The van der Waals surface area contributed by atoms with Crippen LogP contribution in [0.1, 0.15) is 33.3 Å². The van der Waals surface area contributed by atoms with Crippen LogP contribution in [0.4, 0.5) is 4.39 Å². The molecule has 1 aliphatic rings. The van der Waals surface area contributed by atoms with Crippen LogP contribution in [0, 0.1) is 22.6 Å². The molecule has 2 rings (SSSR count). The molecule has 1 saturated carbocycles. The third-order valence-electron chi connectivity index (χ3n) is 4.95. The molecule has 1 fully saturated rings. The molecule has 0 saturated heterocycles. The maximum Gasteiger partial charge on any atom is 0.127 e. The Morgan fingerprint density at radius 2 is 1.83 bits per heavy atom. The van der Waals surface area contributed by atoms with E-state index in [0.717, 1.165) is 0 Å². The third kappa shape index (κ3) is 2.12. The molecule has 0 amide bonds. The molecule has 0 radical (unpaired) electrons. The second-order valence-electron chi connectivity index (χ2n) is 6.34. The van der Waals surface area contributed by atoms with Gasteiger partial charge in [-0.2, -0.15) is 0 Å². The number of hydrogen-bond acceptors (Lipinski definition) is 0. The molecular weight excluding hydrogens is 315 g/mol. The summed E-state index contributed by atoms with van der Waals surface area (Å²) in [5.41, 5.74) is 1.21. The summed E-state index contributed by atoms with van der Waals surface area (Å²) >= 11 is 9.82. The van der Waals surface area contributed by atoms with Gasteiger partial charge in [-0.25, -0.2) is 4.39 Å². The van der Waals surface area contributed by atoms with Crippen molar-refractivity contribution < 1.29 is 4.39 Å². The fourth-order valence-electron chi connectivity index (χ4n) is 3.19. The Labute approximate surface area is 122 Å². The molecule has 1 atom stereocenters. The highest BCUT2D eigenvalue weighted by atomic mass is 79.9. The second-order valence-corrected chi connectivity index (χ2v) is 7.92. The van der Waals surface area contributed by atoms with E-state index < -0.39 is 0 Å². The van der Waals surface area contributed by atoms with Gasteiger partial charge in [-0.15, -0.1) is 0 Å². The smallest absolute Gasteiger partial charge is 0.127 e. The minimum absolute atomic E-state index is 0.205. The Bertz CT molecular complexity index is 433. The van der Waals surface area contributed by atoms with Crippen molar-refractivity contribution in [2.45, 2.75) is 38.9 Å². The summed E-state index contributed by atoms with van der Waals surface area (Å²) in [4.78, 5) is 0.261. The number of rotatable bonds is 3. The van der Waals surface area contributed by atoms with Crippen molar-refractivity contribution in [1.29, 1.82) is 0 Å². The monoisotopic (exact) mass is 332 g/mol. The average Bonchev–Trinajstić information content (AvgIpc) is 2.63. The minimum Gasteiger partial charge on any atom is -0.207 e. The largest absolute Gasteiger partial charge is 0.207 e. The van der Waals surface area contributed by atoms with Crippen molar-refractivity contribution in [3.05, 3.63) is 34.6 Å². The van der Waals surface area contributed by atoms with E-state index in [2.05, 4.69) is 43.6 Å². The standard InChI is InChI=1S/C15H19BrClF/c1-14(2)13(15(14,3)4)10(16)8-9-11(17)6-5-7-12(9)18/h5-7,10,13H,8H2,1-4H3. The van der Waals surface area contributed by atoms with Crippen molar-refractivity contribution in [1.82, 2.24) is 0 Å². The molecule has 1 aromatic carbocycles. The second kappa shape index (κ2) is 4.49. The zero-order valence-corrected chi connectivity index (χ0v) is 13.6. The Hall–Kier alpha value is -0.0800. The first kappa shape index (κ1) is 14.3. The normalized spacial score (nSPS) is 22.8. The molecule has 0 nitrogen and oxygen atoms in total. The Morgan fingerprint density at radius 1 is 1.28 bits per heavy atom. The highest BCUT2D eigenvalue weighted by molar-refractivity contribution is 9.09. The molecule has 3 heteroatoms. The van der Waals surface area contributed by atoms with Gasteiger partial charge in [0.25, 0.3) is 0 Å². The van der Waals surface area contributed by atoms with Gasteiger partial charge >= 0.3 is 0 Å². The molecule has 18 heavy (non-hydrogen) atoms. The van der Waals surface area contributed by atoms with Gasteiger partial charge in [-0.3, -0.25) is 0 Å². The molecular formula is C15H19BrClF. The van der Waals surface area contributed by atoms with Gasteiger partial charge in [0.05, 0.1) is 0 Å². The maximum absolute atomic E-state index is 13.8. The van der Waals surface area contributed by atoms with Crippen LogP contribution in [0.5, 0.6) is 0 Å². The van der Waals surface area contributed by atoms with Crippen molar-refractivity contribution in [2.75, 3.05) is 0 Å². The van der Waals surface area contributed by atoms with Crippen LogP contribution in [-0.4, -0.2) is 4.83 Å². The van der Waals surface area contributed by atoms with Crippen LogP contribution >= 0.6 is 27.5 Å². The van der Waals surface area contributed by atoms with Crippen LogP contribution in [0.25, 0.3) is 0 Å². The number of halogens is 3. The zero-order valence-electron chi connectivity index (χ0n) is 11.2. The van der Waals surface area contributed by atoms with Gasteiger partial charge in [-0.1, -0.05) is 61.3 Å². The molecule has 100 valence electrons. The third-order valence-corrected chi connectivity index (χ3v) is 6.16. The lowest BCUT2D eigenvalue weighted by Crippen LogP contribution is -2.12. The van der Waals surface area contributed by atoms with Gasteiger partial charge in [-0.05, 0) is 35.3 Å². The predicted molar refractivity (Wildman–Crippen MR) is 78.9 cm³/mol. The van der Waals surface area contributed by atoms with E-state index in [9.17, 15) is 4.39 Å². The summed E-state index contributed by atoms with van der Waals surface area (Å²) in [6, 6.07) is 4.88. The first-order valence-corrected chi connectivity index (χ1v) is 7.56. The van der Waals surface area contributed by atoms with Gasteiger partial charge in [0, 0.05) is 15.4 Å². The van der Waals surface area contributed by atoms with Crippen LogP contribution in [-0.2, 0) is 6.42 Å². The van der Waals surface area contributed by atoms with Crippen LogP contribution < -0.4 is 0 Å². The van der Waals surface area contributed by atoms with E-state index in [4.69, 9.17) is 11.6 Å². The van der Waals surface area contributed by atoms with E-state index in [0.29, 0.717) is 33.8 Å². The van der Waals surface area contributed by atoms with E-state index >= 15 is 0 Å². The number of hydrogen-bond donors (Lipinski definition) is 0. The molecule has 0 aromatic heterocycles. The summed E-state index contributed by atoms with van der Waals surface area (Å²) in [5, 5.41) is 0.524. The molecule has 0 bridgehead atoms. The molecule has 0 heterocycles. The van der Waals surface area contributed by atoms with E-state index in [-0.39, 0.29) is 10.6 Å². The Morgan fingerprint density at radius 3 is 2.28 bits per heavy atom. The van der Waals surface area contributed by atoms with Crippen molar-refractivity contribution in [3.8, 4) is 0 Å². The summed E-state index contributed by atoms with van der Waals surface area (Å²) in [6.45, 7) is 9.09. The molecule has 0 spiro atoms. The van der Waals surface area contributed by atoms with Crippen LogP contribution in [0.3, 0.4) is 0 Å². The van der Waals surface area contributed by atoms with Crippen LogP contribution in [0.15, 0.2) is 18.2 Å². The summed E-state index contributed by atoms with van der Waals surface area (Å²) in [5.74, 6) is 0.337. The predicted octanol–water partition coefficient (Wildman–Crippen LogP) is 5.47. The van der Waals surface area contributed by atoms with Crippen molar-refractivity contribution >= 4 is 27.5 Å². The van der Waals surface area contributed by atoms with Gasteiger partial charge in [0.15, 0.2) is 0 Å². The number of alkyl halides is 1. The average molecular weight is 334 g/mol. The first-order chi connectivity index (χ1) is 8.19. The highest BCUT2D eigenvalue weighted by Crippen LogP contribution is 2.71. The van der Waals surface area contributed by atoms with Crippen molar-refractivity contribution in [3.63, 3.8) is 0 Å². The summed E-state index contributed by atoms with van der Waals surface area (Å²) in [7, 11) is 0. The Balaban J connectivity index is 2.17. The fraction of sp³-hybridized carbons (Fsp3) is 0.600. The fourth-order valence-corrected chi connectivity index (χ4v) is 5.08. The Kier molecular flexibility index (Phi) is 3.57. The quantitative estimate of drug-likeness (QED) is 0.644. The highest BCUT2D eigenvalue weighted by Gasteiger charge is 2.66. The topological polar surface area (TPSA) is 0 Å². The first-order valence-electron chi connectivity index (χ1n) is 6.26. The van der Waals surface area contributed by atoms with Gasteiger partial charge in [0.1, 0.15) is 5.82 Å². The molecule has 1 aliphatic carbocycles. The van der Waals surface area contributed by atoms with Crippen molar-refractivity contribution in [2.24, 2.45) is 16.7 Å². The lowest BCUT2D eigenvalue weighted by Gasteiger charge is -2.13. The van der Waals surface area contributed by atoms with E-state index in [1.54, 1.807) is 12.1 Å². The molecule has 1 unspecified atom stereocenters. The lowest BCUT2D eigenvalue weighted by molar-refractivity contribution is 0.457. The lowest BCUT2D eigenvalue weighted by atomic mass is 10.0. The van der Waals surface area contributed by atoms with E-state index in [1.165, 1.54) is 6.07 Å². The summed E-state index contributed by atoms with van der Waals surface area (Å²) < 4.78 is 13.8. The SMILES string of the molecule is CC1(C)C(C(Br)Cc2c(F)cccc2Cl)C1(C)C.